The summed E-state index contributed by atoms with van der Waals surface area (Å²) in [6, 6.07) is 8.46. The lowest BCUT2D eigenvalue weighted by Gasteiger charge is -2.05. The molecule has 1 aromatic carbocycles. The van der Waals surface area contributed by atoms with Gasteiger partial charge in [-0.25, -0.2) is 0 Å². The van der Waals surface area contributed by atoms with Crippen LogP contribution in [0.25, 0.3) is 0 Å². The van der Waals surface area contributed by atoms with Gasteiger partial charge < -0.3 is 10.2 Å². The Balaban J connectivity index is 1.95. The zero-order valence-corrected chi connectivity index (χ0v) is 9.94. The molecule has 1 atom stereocenters. The predicted octanol–water partition coefficient (Wildman–Crippen LogP) is 1.07. The second kappa shape index (κ2) is 5.12. The molecule has 1 heterocycles. The summed E-state index contributed by atoms with van der Waals surface area (Å²) in [6.45, 7) is 6.33. The summed E-state index contributed by atoms with van der Waals surface area (Å²) < 4.78 is 0. The summed E-state index contributed by atoms with van der Waals surface area (Å²) in [5.41, 5.74) is 3.54. The SMILES string of the molecule is CC[NH2+]C[C@@H]1CC(c2ccc(C)cc2)=NO1. The van der Waals surface area contributed by atoms with Gasteiger partial charge in [0.15, 0.2) is 6.10 Å². The molecule has 2 rings (SSSR count). The normalized spacial score (nSPS) is 19.4. The lowest BCUT2D eigenvalue weighted by Crippen LogP contribution is -2.85. The number of rotatable bonds is 4. The summed E-state index contributed by atoms with van der Waals surface area (Å²) in [5.74, 6) is 0. The van der Waals surface area contributed by atoms with E-state index in [0.717, 1.165) is 25.2 Å². The third kappa shape index (κ3) is 2.61. The van der Waals surface area contributed by atoms with E-state index in [2.05, 4.69) is 48.6 Å². The summed E-state index contributed by atoms with van der Waals surface area (Å²) in [7, 11) is 0. The second-order valence-electron chi connectivity index (χ2n) is 4.27. The minimum atomic E-state index is 0.247. The Kier molecular flexibility index (Phi) is 3.57. The molecule has 1 aromatic rings. The smallest absolute Gasteiger partial charge is 0.181 e. The van der Waals surface area contributed by atoms with Crippen LogP contribution in [0.4, 0.5) is 0 Å². The van der Waals surface area contributed by atoms with Crippen molar-refractivity contribution in [3.8, 4) is 0 Å². The number of hydrogen-bond donors (Lipinski definition) is 1. The molecule has 16 heavy (non-hydrogen) atoms. The van der Waals surface area contributed by atoms with Gasteiger partial charge in [-0.2, -0.15) is 0 Å². The molecule has 3 heteroatoms. The number of aryl methyl sites for hydroxylation is 1. The summed E-state index contributed by atoms with van der Waals surface area (Å²) in [6.07, 6.45) is 1.18. The van der Waals surface area contributed by atoms with Crippen LogP contribution in [0.15, 0.2) is 29.4 Å². The van der Waals surface area contributed by atoms with Gasteiger partial charge in [0.1, 0.15) is 6.54 Å². The summed E-state index contributed by atoms with van der Waals surface area (Å²) >= 11 is 0. The molecule has 1 aliphatic rings. The lowest BCUT2D eigenvalue weighted by molar-refractivity contribution is -0.657. The molecule has 1 aliphatic heterocycles. The number of nitrogens with two attached hydrogens (primary N) is 1. The Morgan fingerprint density at radius 2 is 2.12 bits per heavy atom. The first-order valence-electron chi connectivity index (χ1n) is 5.91. The van der Waals surface area contributed by atoms with Gasteiger partial charge in [-0.1, -0.05) is 35.0 Å². The highest BCUT2D eigenvalue weighted by Gasteiger charge is 2.22. The van der Waals surface area contributed by atoms with Crippen LogP contribution in [-0.2, 0) is 4.84 Å². The van der Waals surface area contributed by atoms with E-state index in [0.29, 0.717) is 0 Å². The fourth-order valence-electron chi connectivity index (χ4n) is 1.82. The molecule has 0 saturated heterocycles. The second-order valence-corrected chi connectivity index (χ2v) is 4.27. The predicted molar refractivity (Wildman–Crippen MR) is 64.5 cm³/mol. The molecule has 2 N–H and O–H groups in total. The van der Waals surface area contributed by atoms with Gasteiger partial charge in [-0.15, -0.1) is 0 Å². The average molecular weight is 219 g/mol. The summed E-state index contributed by atoms with van der Waals surface area (Å²) in [4.78, 5) is 5.41. The van der Waals surface area contributed by atoms with Gasteiger partial charge in [0, 0.05) is 6.42 Å². The van der Waals surface area contributed by atoms with Crippen molar-refractivity contribution in [3.05, 3.63) is 35.4 Å². The van der Waals surface area contributed by atoms with Gasteiger partial charge in [-0.05, 0) is 19.4 Å². The monoisotopic (exact) mass is 219 g/mol. The molecule has 0 unspecified atom stereocenters. The first-order chi connectivity index (χ1) is 7.79. The minimum Gasteiger partial charge on any atom is -0.386 e. The van der Waals surface area contributed by atoms with Crippen molar-refractivity contribution in [2.45, 2.75) is 26.4 Å². The van der Waals surface area contributed by atoms with Gasteiger partial charge in [0.25, 0.3) is 0 Å². The van der Waals surface area contributed by atoms with Crippen LogP contribution in [0.3, 0.4) is 0 Å². The Morgan fingerprint density at radius 1 is 1.38 bits per heavy atom. The van der Waals surface area contributed by atoms with Crippen LogP contribution < -0.4 is 5.32 Å². The van der Waals surface area contributed by atoms with E-state index in [1.54, 1.807) is 0 Å². The van der Waals surface area contributed by atoms with Crippen LogP contribution in [-0.4, -0.2) is 24.9 Å². The molecule has 0 saturated carbocycles. The molecule has 0 aromatic heterocycles. The van der Waals surface area contributed by atoms with Gasteiger partial charge in [-0.3, -0.25) is 0 Å². The zero-order valence-electron chi connectivity index (χ0n) is 9.94. The van der Waals surface area contributed by atoms with E-state index in [1.807, 2.05) is 0 Å². The van der Waals surface area contributed by atoms with Crippen molar-refractivity contribution in [3.63, 3.8) is 0 Å². The highest BCUT2D eigenvalue weighted by atomic mass is 16.6. The van der Waals surface area contributed by atoms with E-state index in [9.17, 15) is 0 Å². The quantitative estimate of drug-likeness (QED) is 0.808. The first kappa shape index (κ1) is 11.1. The Hall–Kier alpha value is -1.35. The van der Waals surface area contributed by atoms with E-state index in [-0.39, 0.29) is 6.10 Å². The standard InChI is InChI=1S/C13H18N2O/c1-3-14-9-12-8-13(15-16-12)11-6-4-10(2)5-7-11/h4-7,12,14H,3,8-9H2,1-2H3/p+1/t12-/m0/s1. The Bertz CT molecular complexity index is 370. The Morgan fingerprint density at radius 3 is 2.81 bits per heavy atom. The number of oxime groups is 1. The number of hydrogen-bond acceptors (Lipinski definition) is 2. The van der Waals surface area contributed by atoms with Crippen LogP contribution in [0.5, 0.6) is 0 Å². The fraction of sp³-hybridized carbons (Fsp3) is 0.462. The maximum absolute atomic E-state index is 5.41. The van der Waals surface area contributed by atoms with Crippen molar-refractivity contribution in [1.29, 1.82) is 0 Å². The van der Waals surface area contributed by atoms with Crippen molar-refractivity contribution in [2.24, 2.45) is 5.16 Å². The van der Waals surface area contributed by atoms with Crippen molar-refractivity contribution in [1.82, 2.24) is 0 Å². The van der Waals surface area contributed by atoms with Crippen molar-refractivity contribution >= 4 is 5.71 Å². The molecular formula is C13H19N2O+. The maximum atomic E-state index is 5.41. The molecule has 0 amide bonds. The molecule has 0 radical (unpaired) electrons. The number of likely N-dealkylation sites (N-methyl/N-ethyl adjacent to an activating group) is 1. The minimum absolute atomic E-state index is 0.247. The molecule has 0 fully saturated rings. The maximum Gasteiger partial charge on any atom is 0.181 e. The molecular weight excluding hydrogens is 200 g/mol. The third-order valence-corrected chi connectivity index (χ3v) is 2.84. The van der Waals surface area contributed by atoms with E-state index < -0.39 is 0 Å². The van der Waals surface area contributed by atoms with Gasteiger partial charge in [0.05, 0.1) is 12.3 Å². The van der Waals surface area contributed by atoms with Crippen LogP contribution in [0.2, 0.25) is 0 Å². The fourth-order valence-corrected chi connectivity index (χ4v) is 1.82. The van der Waals surface area contributed by atoms with Crippen LogP contribution in [0, 0.1) is 6.92 Å². The number of nitrogens with zero attached hydrogens (tertiary/aromatic N) is 1. The highest BCUT2D eigenvalue weighted by molar-refractivity contribution is 6.01. The Labute approximate surface area is 96.5 Å². The van der Waals surface area contributed by atoms with Crippen molar-refractivity contribution in [2.75, 3.05) is 13.1 Å². The molecule has 0 aliphatic carbocycles. The molecule has 3 nitrogen and oxygen atoms in total. The van der Waals surface area contributed by atoms with E-state index >= 15 is 0 Å². The van der Waals surface area contributed by atoms with Gasteiger partial charge >= 0.3 is 0 Å². The van der Waals surface area contributed by atoms with E-state index in [4.69, 9.17) is 4.84 Å². The largest absolute Gasteiger partial charge is 0.386 e. The topological polar surface area (TPSA) is 38.2 Å². The molecule has 0 bridgehead atoms. The first-order valence-corrected chi connectivity index (χ1v) is 5.91. The number of benzene rings is 1. The highest BCUT2D eigenvalue weighted by Crippen LogP contribution is 2.16. The number of quaternary nitrogens is 1. The molecule has 0 spiro atoms. The third-order valence-electron chi connectivity index (χ3n) is 2.84. The molecule has 86 valence electrons. The van der Waals surface area contributed by atoms with Gasteiger partial charge in [0.2, 0.25) is 0 Å². The zero-order chi connectivity index (χ0) is 11.4. The van der Waals surface area contributed by atoms with E-state index in [1.165, 1.54) is 11.1 Å². The van der Waals surface area contributed by atoms with Crippen molar-refractivity contribution < 1.29 is 10.2 Å². The van der Waals surface area contributed by atoms with Crippen LogP contribution in [0.1, 0.15) is 24.5 Å². The van der Waals surface area contributed by atoms with Crippen LogP contribution >= 0.6 is 0 Å². The lowest BCUT2D eigenvalue weighted by atomic mass is 10.0. The average Bonchev–Trinajstić information content (AvgIpc) is 2.76. The summed E-state index contributed by atoms with van der Waals surface area (Å²) in [5, 5.41) is 6.41.